The van der Waals surface area contributed by atoms with E-state index in [0.717, 1.165) is 16.9 Å². The highest BCUT2D eigenvalue weighted by molar-refractivity contribution is 7.15. The zero-order chi connectivity index (χ0) is 22.1. The predicted molar refractivity (Wildman–Crippen MR) is 113 cm³/mol. The van der Waals surface area contributed by atoms with E-state index in [9.17, 15) is 23.9 Å². The summed E-state index contributed by atoms with van der Waals surface area (Å²) in [4.78, 5) is 36.0. The summed E-state index contributed by atoms with van der Waals surface area (Å²) in [5.41, 5.74) is 6.93. The number of amides is 2. The number of carboxylic acid groups (broad SMARTS) is 1. The topological polar surface area (TPSA) is 119 Å². The van der Waals surface area contributed by atoms with Crippen molar-refractivity contribution in [1.82, 2.24) is 0 Å². The average Bonchev–Trinajstić information content (AvgIpc) is 3.11. The molecule has 0 radical (unpaired) electrons. The molecule has 1 unspecified atom stereocenters. The molecule has 4 N–H and O–H groups in total. The molecule has 2 amide bonds. The molecule has 2 heterocycles. The third kappa shape index (κ3) is 4.13. The molecule has 31 heavy (non-hydrogen) atoms. The first-order valence-corrected chi connectivity index (χ1v) is 10.1. The van der Waals surface area contributed by atoms with Crippen molar-refractivity contribution >= 4 is 34.8 Å². The summed E-state index contributed by atoms with van der Waals surface area (Å²) in [5, 5.41) is 12.5. The van der Waals surface area contributed by atoms with Crippen LogP contribution in [0.2, 0.25) is 0 Å². The van der Waals surface area contributed by atoms with E-state index in [1.165, 1.54) is 18.2 Å². The molecule has 0 aliphatic carbocycles. The van der Waals surface area contributed by atoms with Crippen molar-refractivity contribution in [3.8, 4) is 16.9 Å². The molecule has 0 bridgehead atoms. The van der Waals surface area contributed by atoms with Gasteiger partial charge in [0.2, 0.25) is 5.91 Å². The van der Waals surface area contributed by atoms with Crippen molar-refractivity contribution < 1.29 is 28.6 Å². The van der Waals surface area contributed by atoms with E-state index >= 15 is 0 Å². The molecule has 4 rings (SSSR count). The number of fused-ring (bicyclic) bond motifs is 1. The van der Waals surface area contributed by atoms with Crippen molar-refractivity contribution in [2.75, 3.05) is 11.9 Å². The minimum atomic E-state index is -1.15. The lowest BCUT2D eigenvalue weighted by Crippen LogP contribution is -2.22. The van der Waals surface area contributed by atoms with E-state index in [-0.39, 0.29) is 29.7 Å². The fraction of sp³-hybridized carbons (Fsp3) is 0.136. The van der Waals surface area contributed by atoms with Gasteiger partial charge in [-0.15, -0.1) is 11.3 Å². The van der Waals surface area contributed by atoms with Gasteiger partial charge in [0.05, 0.1) is 5.69 Å². The summed E-state index contributed by atoms with van der Waals surface area (Å²) in [6.07, 6.45) is 0.136. The summed E-state index contributed by atoms with van der Waals surface area (Å²) < 4.78 is 19.1. The van der Waals surface area contributed by atoms with Crippen LogP contribution in [0.3, 0.4) is 0 Å². The van der Waals surface area contributed by atoms with Crippen LogP contribution in [-0.4, -0.2) is 29.5 Å². The molecular weight excluding hydrogens is 423 g/mol. The van der Waals surface area contributed by atoms with Gasteiger partial charge >= 0.3 is 5.97 Å². The minimum Gasteiger partial charge on any atom is -0.484 e. The smallest absolute Gasteiger partial charge is 0.346 e. The first kappa shape index (κ1) is 20.5. The highest BCUT2D eigenvalue weighted by atomic mass is 32.1. The number of nitrogens with one attached hydrogen (secondary N) is 1. The number of anilines is 1. The van der Waals surface area contributed by atoms with E-state index in [0.29, 0.717) is 27.4 Å². The molecule has 7 nitrogen and oxygen atoms in total. The zero-order valence-corrected chi connectivity index (χ0v) is 16.9. The number of primary amides is 1. The maximum absolute atomic E-state index is 13.8. The summed E-state index contributed by atoms with van der Waals surface area (Å²) in [5.74, 6) is -2.44. The number of rotatable bonds is 6. The number of thiophene rings is 1. The van der Waals surface area contributed by atoms with Gasteiger partial charge < -0.3 is 20.9 Å². The van der Waals surface area contributed by atoms with Crippen molar-refractivity contribution in [2.45, 2.75) is 12.3 Å². The Bertz CT molecular complexity index is 1190. The lowest BCUT2D eigenvalue weighted by molar-refractivity contribution is -0.120. The molecule has 0 saturated heterocycles. The molecule has 1 aliphatic heterocycles. The Morgan fingerprint density at radius 2 is 1.97 bits per heavy atom. The average molecular weight is 440 g/mol. The van der Waals surface area contributed by atoms with E-state index < -0.39 is 17.7 Å². The Morgan fingerprint density at radius 3 is 2.61 bits per heavy atom. The van der Waals surface area contributed by atoms with E-state index in [1.54, 1.807) is 30.3 Å². The van der Waals surface area contributed by atoms with E-state index in [2.05, 4.69) is 5.32 Å². The molecule has 0 saturated carbocycles. The number of ether oxygens (including phenoxy) is 1. The SMILES string of the molecule is NC(=O)COc1ccc(C2CC(=O)Nc3c2sc(C(=O)O)c3-c2cccc(F)c2)cc1. The fourth-order valence-electron chi connectivity index (χ4n) is 3.58. The van der Waals surface area contributed by atoms with E-state index in [1.807, 2.05) is 0 Å². The number of hydrogen-bond acceptors (Lipinski definition) is 5. The second-order valence-corrected chi connectivity index (χ2v) is 8.04. The number of halogens is 1. The Morgan fingerprint density at radius 1 is 1.23 bits per heavy atom. The van der Waals surface area contributed by atoms with Gasteiger partial charge in [0.15, 0.2) is 6.61 Å². The summed E-state index contributed by atoms with van der Waals surface area (Å²) in [6, 6.07) is 12.4. The number of benzene rings is 2. The molecule has 9 heteroatoms. The second kappa shape index (κ2) is 8.19. The lowest BCUT2D eigenvalue weighted by atomic mass is 9.88. The number of carboxylic acids is 1. The third-order valence-electron chi connectivity index (χ3n) is 4.88. The lowest BCUT2D eigenvalue weighted by Gasteiger charge is -2.24. The summed E-state index contributed by atoms with van der Waals surface area (Å²) in [7, 11) is 0. The third-order valence-corrected chi connectivity index (χ3v) is 6.17. The Balaban J connectivity index is 1.78. The standard InChI is InChI=1S/C22H17FN2O5S/c23-13-3-1-2-12(8-13)18-19-20(31-21(18)22(28)29)15(9-17(27)25-19)11-4-6-14(7-5-11)30-10-16(24)26/h1-8,15H,9-10H2,(H2,24,26)(H,25,27)(H,28,29). The number of carbonyl (C=O) groups is 3. The number of aromatic carboxylic acids is 1. The van der Waals surface area contributed by atoms with Crippen LogP contribution in [0.5, 0.6) is 5.75 Å². The summed E-state index contributed by atoms with van der Waals surface area (Å²) >= 11 is 1.06. The molecule has 0 spiro atoms. The van der Waals surface area contributed by atoms with Gasteiger partial charge in [0.1, 0.15) is 16.4 Å². The van der Waals surface area contributed by atoms with Gasteiger partial charge in [0, 0.05) is 22.8 Å². The number of nitrogens with two attached hydrogens (primary N) is 1. The zero-order valence-electron chi connectivity index (χ0n) is 16.1. The van der Waals surface area contributed by atoms with Crippen molar-refractivity contribution in [1.29, 1.82) is 0 Å². The van der Waals surface area contributed by atoms with Crippen LogP contribution < -0.4 is 15.8 Å². The predicted octanol–water partition coefficient (Wildman–Crippen LogP) is 3.59. The maximum atomic E-state index is 13.8. The maximum Gasteiger partial charge on any atom is 0.346 e. The second-order valence-electron chi connectivity index (χ2n) is 6.99. The van der Waals surface area contributed by atoms with Crippen molar-refractivity contribution in [2.24, 2.45) is 5.73 Å². The number of carbonyl (C=O) groups excluding carboxylic acids is 2. The molecule has 1 aliphatic rings. The van der Waals surface area contributed by atoms with Crippen LogP contribution in [0.15, 0.2) is 48.5 Å². The van der Waals surface area contributed by atoms with Crippen LogP contribution in [-0.2, 0) is 9.59 Å². The molecule has 158 valence electrons. The van der Waals surface area contributed by atoms with Crippen LogP contribution in [0.1, 0.15) is 32.5 Å². The van der Waals surface area contributed by atoms with Crippen molar-refractivity contribution in [3.63, 3.8) is 0 Å². The van der Waals surface area contributed by atoms with Crippen LogP contribution in [0, 0.1) is 5.82 Å². The normalized spacial score (nSPS) is 15.1. The molecule has 1 aromatic heterocycles. The molecule has 2 aromatic carbocycles. The first-order valence-electron chi connectivity index (χ1n) is 9.30. The number of hydrogen-bond donors (Lipinski definition) is 3. The van der Waals surface area contributed by atoms with Gasteiger partial charge in [-0.1, -0.05) is 24.3 Å². The quantitative estimate of drug-likeness (QED) is 0.541. The van der Waals surface area contributed by atoms with Gasteiger partial charge in [-0.05, 0) is 35.4 Å². The Labute approximate surface area is 180 Å². The van der Waals surface area contributed by atoms with Gasteiger partial charge in [-0.25, -0.2) is 9.18 Å². The van der Waals surface area contributed by atoms with Gasteiger partial charge in [0.25, 0.3) is 5.91 Å². The highest BCUT2D eigenvalue weighted by Crippen LogP contribution is 2.49. The molecule has 1 atom stereocenters. The largest absolute Gasteiger partial charge is 0.484 e. The fourth-order valence-corrected chi connectivity index (χ4v) is 4.82. The highest BCUT2D eigenvalue weighted by Gasteiger charge is 2.34. The Kier molecular flexibility index (Phi) is 5.43. The van der Waals surface area contributed by atoms with Gasteiger partial charge in [-0.3, -0.25) is 9.59 Å². The molecule has 0 fully saturated rings. The van der Waals surface area contributed by atoms with Crippen LogP contribution in [0.4, 0.5) is 10.1 Å². The van der Waals surface area contributed by atoms with Crippen LogP contribution in [0.25, 0.3) is 11.1 Å². The Hall–Kier alpha value is -3.72. The van der Waals surface area contributed by atoms with Crippen molar-refractivity contribution in [3.05, 3.63) is 69.7 Å². The molecular formula is C22H17FN2O5S. The minimum absolute atomic E-state index is 0.0317. The van der Waals surface area contributed by atoms with E-state index in [4.69, 9.17) is 10.5 Å². The monoisotopic (exact) mass is 440 g/mol. The van der Waals surface area contributed by atoms with Gasteiger partial charge in [-0.2, -0.15) is 0 Å². The molecule has 3 aromatic rings. The summed E-state index contributed by atoms with van der Waals surface area (Å²) in [6.45, 7) is -0.251. The van der Waals surface area contributed by atoms with Crippen LogP contribution >= 0.6 is 11.3 Å². The first-order chi connectivity index (χ1) is 14.8.